The number of benzene rings is 1. The molecule has 92 valence electrons. The van der Waals surface area contributed by atoms with Crippen molar-refractivity contribution in [3.63, 3.8) is 0 Å². The Labute approximate surface area is 109 Å². The quantitative estimate of drug-likeness (QED) is 0.921. The van der Waals surface area contributed by atoms with Crippen molar-refractivity contribution < 1.29 is 14.6 Å². The standard InChI is InChI=1S/C13H10ClNO3/c14-11-6-2-1-4-9(11)8-18-12-10(13(16)17)5-3-7-15-12/h1-7H,8H2,(H,16,17). The molecule has 0 unspecified atom stereocenters. The zero-order valence-electron chi connectivity index (χ0n) is 9.34. The Kier molecular flexibility index (Phi) is 3.79. The van der Waals surface area contributed by atoms with E-state index < -0.39 is 5.97 Å². The van der Waals surface area contributed by atoms with Crippen LogP contribution in [0.4, 0.5) is 0 Å². The van der Waals surface area contributed by atoms with E-state index in [0.717, 1.165) is 5.56 Å². The molecule has 2 rings (SSSR count). The fourth-order valence-corrected chi connectivity index (χ4v) is 1.62. The van der Waals surface area contributed by atoms with Gasteiger partial charge in [0.15, 0.2) is 0 Å². The Hall–Kier alpha value is -2.07. The Bertz CT molecular complexity index is 572. The highest BCUT2D eigenvalue weighted by atomic mass is 35.5. The van der Waals surface area contributed by atoms with Crippen LogP contribution in [0.25, 0.3) is 0 Å². The summed E-state index contributed by atoms with van der Waals surface area (Å²) in [7, 11) is 0. The monoisotopic (exact) mass is 263 g/mol. The number of pyridine rings is 1. The maximum Gasteiger partial charge on any atom is 0.341 e. The Morgan fingerprint density at radius 3 is 2.78 bits per heavy atom. The maximum atomic E-state index is 11.0. The lowest BCUT2D eigenvalue weighted by Gasteiger charge is -2.08. The van der Waals surface area contributed by atoms with Crippen LogP contribution in [-0.4, -0.2) is 16.1 Å². The number of rotatable bonds is 4. The van der Waals surface area contributed by atoms with Crippen LogP contribution in [0.3, 0.4) is 0 Å². The molecule has 0 bridgehead atoms. The molecule has 0 aliphatic rings. The summed E-state index contributed by atoms with van der Waals surface area (Å²) >= 11 is 5.98. The van der Waals surface area contributed by atoms with Gasteiger partial charge in [0.2, 0.25) is 5.88 Å². The molecule has 0 fully saturated rings. The molecule has 0 saturated heterocycles. The van der Waals surface area contributed by atoms with Crippen LogP contribution in [0.1, 0.15) is 15.9 Å². The molecule has 5 heteroatoms. The third kappa shape index (κ3) is 2.78. The number of aromatic nitrogens is 1. The number of hydrogen-bond acceptors (Lipinski definition) is 3. The Morgan fingerprint density at radius 2 is 2.06 bits per heavy atom. The molecular formula is C13H10ClNO3. The van der Waals surface area contributed by atoms with Crippen LogP contribution in [0, 0.1) is 0 Å². The van der Waals surface area contributed by atoms with Crippen LogP contribution >= 0.6 is 11.6 Å². The van der Waals surface area contributed by atoms with E-state index in [9.17, 15) is 4.79 Å². The van der Waals surface area contributed by atoms with Gasteiger partial charge in [-0.25, -0.2) is 9.78 Å². The summed E-state index contributed by atoms with van der Waals surface area (Å²) in [5.41, 5.74) is 0.811. The summed E-state index contributed by atoms with van der Waals surface area (Å²) in [6, 6.07) is 10.2. The first-order valence-corrected chi connectivity index (χ1v) is 5.61. The summed E-state index contributed by atoms with van der Waals surface area (Å²) in [5.74, 6) is -0.984. The first-order valence-electron chi connectivity index (χ1n) is 5.23. The largest absolute Gasteiger partial charge is 0.477 e. The van der Waals surface area contributed by atoms with Gasteiger partial charge in [-0.2, -0.15) is 0 Å². The second-order valence-electron chi connectivity index (χ2n) is 3.54. The number of carbonyl (C=O) groups is 1. The number of carboxylic acid groups (broad SMARTS) is 1. The lowest BCUT2D eigenvalue weighted by Crippen LogP contribution is -2.05. The molecule has 1 aromatic heterocycles. The molecule has 1 heterocycles. The molecule has 0 aliphatic heterocycles. The highest BCUT2D eigenvalue weighted by molar-refractivity contribution is 6.31. The summed E-state index contributed by atoms with van der Waals surface area (Å²) in [4.78, 5) is 14.9. The highest BCUT2D eigenvalue weighted by Gasteiger charge is 2.12. The predicted molar refractivity (Wildman–Crippen MR) is 67.0 cm³/mol. The third-order valence-electron chi connectivity index (χ3n) is 2.32. The van der Waals surface area contributed by atoms with Crippen LogP contribution in [0.15, 0.2) is 42.6 Å². The van der Waals surface area contributed by atoms with E-state index >= 15 is 0 Å². The Balaban J connectivity index is 2.16. The minimum Gasteiger partial charge on any atom is -0.477 e. The van der Waals surface area contributed by atoms with Gasteiger partial charge in [0.1, 0.15) is 12.2 Å². The molecule has 18 heavy (non-hydrogen) atoms. The number of hydrogen-bond donors (Lipinski definition) is 1. The van der Waals surface area contributed by atoms with E-state index in [0.29, 0.717) is 5.02 Å². The number of nitrogens with zero attached hydrogens (tertiary/aromatic N) is 1. The average Bonchev–Trinajstić information content (AvgIpc) is 2.38. The zero-order chi connectivity index (χ0) is 13.0. The van der Waals surface area contributed by atoms with E-state index in [4.69, 9.17) is 21.4 Å². The normalized spacial score (nSPS) is 10.1. The summed E-state index contributed by atoms with van der Waals surface area (Å²) in [6.07, 6.45) is 1.48. The molecule has 0 radical (unpaired) electrons. The van der Waals surface area contributed by atoms with E-state index in [1.165, 1.54) is 12.3 Å². The highest BCUT2D eigenvalue weighted by Crippen LogP contribution is 2.19. The van der Waals surface area contributed by atoms with Crippen molar-refractivity contribution in [2.24, 2.45) is 0 Å². The van der Waals surface area contributed by atoms with E-state index in [1.54, 1.807) is 12.1 Å². The van der Waals surface area contributed by atoms with Crippen molar-refractivity contribution in [3.8, 4) is 5.88 Å². The number of carboxylic acids is 1. The van der Waals surface area contributed by atoms with Crippen LogP contribution in [0.5, 0.6) is 5.88 Å². The van der Waals surface area contributed by atoms with Gasteiger partial charge in [-0.3, -0.25) is 0 Å². The van der Waals surface area contributed by atoms with Crippen LogP contribution in [-0.2, 0) is 6.61 Å². The molecule has 1 N–H and O–H groups in total. The lowest BCUT2D eigenvalue weighted by atomic mass is 10.2. The minimum atomic E-state index is -1.07. The number of aromatic carboxylic acids is 1. The SMILES string of the molecule is O=C(O)c1cccnc1OCc1ccccc1Cl. The van der Waals surface area contributed by atoms with Gasteiger partial charge in [0.05, 0.1) is 0 Å². The van der Waals surface area contributed by atoms with E-state index in [2.05, 4.69) is 4.98 Å². The summed E-state index contributed by atoms with van der Waals surface area (Å²) < 4.78 is 5.39. The van der Waals surface area contributed by atoms with Crippen molar-refractivity contribution in [2.75, 3.05) is 0 Å². The van der Waals surface area contributed by atoms with Crippen molar-refractivity contribution in [1.82, 2.24) is 4.98 Å². The van der Waals surface area contributed by atoms with Crippen molar-refractivity contribution in [3.05, 3.63) is 58.7 Å². The van der Waals surface area contributed by atoms with Crippen LogP contribution < -0.4 is 4.74 Å². The molecule has 0 saturated carbocycles. The average molecular weight is 264 g/mol. The van der Waals surface area contributed by atoms with Gasteiger partial charge in [-0.15, -0.1) is 0 Å². The fourth-order valence-electron chi connectivity index (χ4n) is 1.43. The van der Waals surface area contributed by atoms with Crippen molar-refractivity contribution in [1.29, 1.82) is 0 Å². The molecule has 1 aromatic carbocycles. The topological polar surface area (TPSA) is 59.4 Å². The first-order chi connectivity index (χ1) is 8.68. The molecule has 2 aromatic rings. The zero-order valence-corrected chi connectivity index (χ0v) is 10.1. The lowest BCUT2D eigenvalue weighted by molar-refractivity contribution is 0.0690. The molecule has 0 atom stereocenters. The van der Waals surface area contributed by atoms with Crippen molar-refractivity contribution in [2.45, 2.75) is 6.61 Å². The molecule has 0 spiro atoms. The number of halogens is 1. The smallest absolute Gasteiger partial charge is 0.341 e. The minimum absolute atomic E-state index is 0.0320. The second-order valence-corrected chi connectivity index (χ2v) is 3.95. The fraction of sp³-hybridized carbons (Fsp3) is 0.0769. The van der Waals surface area contributed by atoms with E-state index in [-0.39, 0.29) is 18.1 Å². The maximum absolute atomic E-state index is 11.0. The van der Waals surface area contributed by atoms with Gasteiger partial charge in [0, 0.05) is 16.8 Å². The Morgan fingerprint density at radius 1 is 1.28 bits per heavy atom. The summed E-state index contributed by atoms with van der Waals surface area (Å²) in [5, 5.41) is 9.55. The second kappa shape index (κ2) is 5.51. The van der Waals surface area contributed by atoms with Gasteiger partial charge in [0.25, 0.3) is 0 Å². The van der Waals surface area contributed by atoms with Gasteiger partial charge in [-0.05, 0) is 18.2 Å². The van der Waals surface area contributed by atoms with Gasteiger partial charge in [-0.1, -0.05) is 29.8 Å². The predicted octanol–water partition coefficient (Wildman–Crippen LogP) is 3.01. The molecular weight excluding hydrogens is 254 g/mol. The van der Waals surface area contributed by atoms with E-state index in [1.807, 2.05) is 18.2 Å². The van der Waals surface area contributed by atoms with Gasteiger partial charge >= 0.3 is 5.97 Å². The molecule has 4 nitrogen and oxygen atoms in total. The van der Waals surface area contributed by atoms with Gasteiger partial charge < -0.3 is 9.84 Å². The molecule has 0 aliphatic carbocycles. The van der Waals surface area contributed by atoms with Crippen LogP contribution in [0.2, 0.25) is 5.02 Å². The first kappa shape index (κ1) is 12.4. The third-order valence-corrected chi connectivity index (χ3v) is 2.69. The number of ether oxygens (including phenoxy) is 1. The molecule has 0 amide bonds. The summed E-state index contributed by atoms with van der Waals surface area (Å²) in [6.45, 7) is 0.178. The van der Waals surface area contributed by atoms with Crippen molar-refractivity contribution >= 4 is 17.6 Å².